The van der Waals surface area contributed by atoms with Gasteiger partial charge in [-0.3, -0.25) is 0 Å². The van der Waals surface area contributed by atoms with E-state index >= 15 is 0 Å². The van der Waals surface area contributed by atoms with E-state index < -0.39 is 0 Å². The lowest BCUT2D eigenvalue weighted by atomic mass is 10.1. The third kappa shape index (κ3) is 1.29. The molecule has 72 valence electrons. The third-order valence-electron chi connectivity index (χ3n) is 2.21. The van der Waals surface area contributed by atoms with Crippen molar-refractivity contribution in [2.75, 3.05) is 5.73 Å². The monoisotopic (exact) mass is 191 g/mol. The minimum absolute atomic E-state index is 0.421. The first kappa shape index (κ1) is 8.90. The summed E-state index contributed by atoms with van der Waals surface area (Å²) in [6.45, 7) is 2.45. The second-order valence-electron chi connectivity index (χ2n) is 3.19. The highest BCUT2D eigenvalue weighted by atomic mass is 16.5. The lowest BCUT2D eigenvalue weighted by Crippen LogP contribution is -1.91. The summed E-state index contributed by atoms with van der Waals surface area (Å²) >= 11 is 0. The zero-order valence-corrected chi connectivity index (χ0v) is 7.91. The fraction of sp³-hybridized carbons (Fsp3) is 0.200. The largest absolute Gasteiger partial charge is 0.380 e. The van der Waals surface area contributed by atoms with Gasteiger partial charge < -0.3 is 10.3 Å². The first-order chi connectivity index (χ1) is 6.72. The molecule has 0 bridgehead atoms. The quantitative estimate of drug-likeness (QED) is 0.738. The van der Waals surface area contributed by atoms with Gasteiger partial charge in [-0.05, 0) is 30.2 Å². The van der Waals surface area contributed by atoms with Gasteiger partial charge in [0.15, 0.2) is 11.4 Å². The number of ether oxygens (including phenoxy) is 1. The van der Waals surface area contributed by atoms with E-state index in [2.05, 4.69) is 12.3 Å². The summed E-state index contributed by atoms with van der Waals surface area (Å²) in [6.07, 6.45) is 0. The van der Waals surface area contributed by atoms with E-state index in [-0.39, 0.29) is 0 Å². The van der Waals surface area contributed by atoms with Crippen molar-refractivity contribution in [1.82, 2.24) is 5.16 Å². The first-order valence-electron chi connectivity index (χ1n) is 4.23. The SMILES string of the molecule is [CH2+]OCc1cc2onc(N)c2cc1C. The summed E-state index contributed by atoms with van der Waals surface area (Å²) in [7, 11) is 3.34. The zero-order chi connectivity index (χ0) is 10.1. The van der Waals surface area contributed by atoms with Crippen LogP contribution in [0.2, 0.25) is 0 Å². The van der Waals surface area contributed by atoms with E-state index in [9.17, 15) is 0 Å². The van der Waals surface area contributed by atoms with Gasteiger partial charge in [0.05, 0.1) is 5.39 Å². The average Bonchev–Trinajstić information content (AvgIpc) is 2.50. The minimum atomic E-state index is 0.421. The normalized spacial score (nSPS) is 10.9. The second kappa shape index (κ2) is 3.23. The molecule has 2 N–H and O–H groups in total. The van der Waals surface area contributed by atoms with E-state index in [1.807, 2.05) is 19.1 Å². The Balaban J connectivity index is 2.60. The summed E-state index contributed by atoms with van der Waals surface area (Å²) in [5.41, 5.74) is 8.43. The molecule has 2 aromatic rings. The molecule has 0 spiro atoms. The molecule has 1 aromatic carbocycles. The number of aromatic nitrogens is 1. The predicted octanol–water partition coefficient (Wildman–Crippen LogP) is 2.03. The number of nitrogen functional groups attached to an aromatic ring is 1. The van der Waals surface area contributed by atoms with E-state index in [0.29, 0.717) is 18.0 Å². The van der Waals surface area contributed by atoms with Crippen LogP contribution in [-0.4, -0.2) is 5.16 Å². The Labute approximate surface area is 81.6 Å². The van der Waals surface area contributed by atoms with E-state index in [1.54, 1.807) is 0 Å². The number of fused-ring (bicyclic) bond motifs is 1. The number of hydrogen-bond acceptors (Lipinski definition) is 4. The van der Waals surface area contributed by atoms with Crippen molar-refractivity contribution in [3.05, 3.63) is 30.4 Å². The first-order valence-corrected chi connectivity index (χ1v) is 4.23. The molecule has 14 heavy (non-hydrogen) atoms. The fourth-order valence-corrected chi connectivity index (χ4v) is 1.42. The van der Waals surface area contributed by atoms with Gasteiger partial charge in [0, 0.05) is 0 Å². The van der Waals surface area contributed by atoms with E-state index in [1.165, 1.54) is 0 Å². The van der Waals surface area contributed by atoms with Gasteiger partial charge in [0.25, 0.3) is 0 Å². The topological polar surface area (TPSA) is 61.3 Å². The van der Waals surface area contributed by atoms with Gasteiger partial charge in [-0.15, -0.1) is 0 Å². The molecule has 0 amide bonds. The molecule has 1 aromatic heterocycles. The van der Waals surface area contributed by atoms with Crippen molar-refractivity contribution in [2.45, 2.75) is 13.5 Å². The molecule has 4 heteroatoms. The second-order valence-corrected chi connectivity index (χ2v) is 3.19. The number of anilines is 1. The molecule has 0 aliphatic heterocycles. The maximum absolute atomic E-state index is 5.62. The summed E-state index contributed by atoms with van der Waals surface area (Å²) < 4.78 is 9.86. The van der Waals surface area contributed by atoms with Crippen LogP contribution in [0.1, 0.15) is 11.1 Å². The number of hydrogen-bond donors (Lipinski definition) is 1. The number of rotatable bonds is 2. The lowest BCUT2D eigenvalue weighted by Gasteiger charge is -2.00. The van der Waals surface area contributed by atoms with Crippen LogP contribution < -0.4 is 5.73 Å². The van der Waals surface area contributed by atoms with Crippen LogP contribution in [0, 0.1) is 14.0 Å². The van der Waals surface area contributed by atoms with E-state index in [0.717, 1.165) is 16.5 Å². The van der Waals surface area contributed by atoms with Gasteiger partial charge in [0.2, 0.25) is 7.11 Å². The molecule has 0 aliphatic rings. The Kier molecular flexibility index (Phi) is 2.05. The standard InChI is InChI=1S/C10H11N2O2/c1-6-3-8-9(14-12-10(8)11)4-7(6)5-13-2/h3-4H,2,5H2,1H3,(H2,11,12)/q+1. The number of nitrogens with zero attached hydrogens (tertiary/aromatic N) is 1. The Morgan fingerprint density at radius 2 is 2.36 bits per heavy atom. The molecule has 2 rings (SSSR count). The molecule has 0 fully saturated rings. The molecule has 0 saturated carbocycles. The van der Waals surface area contributed by atoms with Crippen molar-refractivity contribution >= 4 is 16.8 Å². The van der Waals surface area contributed by atoms with Crippen LogP contribution in [0.5, 0.6) is 0 Å². The van der Waals surface area contributed by atoms with Crippen molar-refractivity contribution in [3.63, 3.8) is 0 Å². The van der Waals surface area contributed by atoms with Crippen molar-refractivity contribution in [3.8, 4) is 0 Å². The molecule has 0 aliphatic carbocycles. The maximum atomic E-state index is 5.62. The summed E-state index contributed by atoms with van der Waals surface area (Å²) in [6, 6.07) is 3.81. The Morgan fingerprint density at radius 3 is 3.07 bits per heavy atom. The predicted molar refractivity (Wildman–Crippen MR) is 53.3 cm³/mol. The fourth-order valence-electron chi connectivity index (χ4n) is 1.42. The third-order valence-corrected chi connectivity index (χ3v) is 2.21. The van der Waals surface area contributed by atoms with Crippen molar-refractivity contribution < 1.29 is 9.26 Å². The molecule has 0 unspecified atom stereocenters. The van der Waals surface area contributed by atoms with Crippen molar-refractivity contribution in [2.24, 2.45) is 0 Å². The highest BCUT2D eigenvalue weighted by Gasteiger charge is 2.08. The van der Waals surface area contributed by atoms with Gasteiger partial charge in [-0.2, -0.15) is 4.74 Å². The zero-order valence-electron chi connectivity index (χ0n) is 7.91. The Hall–Kier alpha value is -1.68. The average molecular weight is 191 g/mol. The van der Waals surface area contributed by atoms with Gasteiger partial charge in [0.1, 0.15) is 6.61 Å². The molecule has 1 heterocycles. The smallest absolute Gasteiger partial charge is 0.213 e. The van der Waals surface area contributed by atoms with Crippen LogP contribution in [0.4, 0.5) is 5.82 Å². The van der Waals surface area contributed by atoms with E-state index in [4.69, 9.17) is 15.0 Å². The highest BCUT2D eigenvalue weighted by molar-refractivity contribution is 5.88. The van der Waals surface area contributed by atoms with Crippen LogP contribution >= 0.6 is 0 Å². The number of aryl methyl sites for hydroxylation is 1. The summed E-state index contributed by atoms with van der Waals surface area (Å²) in [5, 5.41) is 4.53. The summed E-state index contributed by atoms with van der Waals surface area (Å²) in [4.78, 5) is 0. The van der Waals surface area contributed by atoms with Gasteiger partial charge in [-0.25, -0.2) is 0 Å². The molecule has 4 nitrogen and oxygen atoms in total. The van der Waals surface area contributed by atoms with Crippen molar-refractivity contribution in [1.29, 1.82) is 0 Å². The summed E-state index contributed by atoms with van der Waals surface area (Å²) in [5.74, 6) is 0.421. The van der Waals surface area contributed by atoms with Crippen LogP contribution in [0.3, 0.4) is 0 Å². The number of benzene rings is 1. The maximum Gasteiger partial charge on any atom is 0.213 e. The lowest BCUT2D eigenvalue weighted by molar-refractivity contribution is 0.228. The molecular formula is C10H11N2O2+. The number of nitrogens with two attached hydrogens (primary N) is 1. The van der Waals surface area contributed by atoms with Crippen LogP contribution in [0.15, 0.2) is 16.7 Å². The molecular weight excluding hydrogens is 180 g/mol. The highest BCUT2D eigenvalue weighted by Crippen LogP contribution is 2.24. The van der Waals surface area contributed by atoms with Gasteiger partial charge >= 0.3 is 0 Å². The molecule has 0 radical (unpaired) electrons. The van der Waals surface area contributed by atoms with Crippen LogP contribution in [0.25, 0.3) is 11.0 Å². The van der Waals surface area contributed by atoms with Gasteiger partial charge in [-0.1, -0.05) is 5.16 Å². The van der Waals surface area contributed by atoms with Crippen LogP contribution in [-0.2, 0) is 11.3 Å². The Bertz CT molecular complexity index is 462. The minimum Gasteiger partial charge on any atom is -0.380 e. The molecule has 0 atom stereocenters. The molecule has 0 saturated heterocycles. The Morgan fingerprint density at radius 1 is 1.57 bits per heavy atom.